The van der Waals surface area contributed by atoms with Crippen LogP contribution in [0.15, 0.2) is 61.0 Å². The Hall–Kier alpha value is -2.98. The summed E-state index contributed by atoms with van der Waals surface area (Å²) in [7, 11) is -3.82. The van der Waals surface area contributed by atoms with Gasteiger partial charge in [0, 0.05) is 23.9 Å². The van der Waals surface area contributed by atoms with Crippen molar-refractivity contribution in [2.45, 2.75) is 11.8 Å². The molecule has 0 aliphatic heterocycles. The Bertz CT molecular complexity index is 1120. The van der Waals surface area contributed by atoms with Crippen LogP contribution in [0.5, 0.6) is 5.75 Å². The molecule has 0 amide bonds. The van der Waals surface area contributed by atoms with E-state index in [1.165, 1.54) is 37.4 Å². The maximum Gasteiger partial charge on any atom is 0.348 e. The first kappa shape index (κ1) is 17.8. The van der Waals surface area contributed by atoms with Crippen molar-refractivity contribution < 1.29 is 17.9 Å². The molecule has 0 saturated carbocycles. The fourth-order valence-electron chi connectivity index (χ4n) is 2.04. The average molecular weight is 391 g/mol. The highest BCUT2D eigenvalue weighted by molar-refractivity contribution is 7.93. The maximum atomic E-state index is 12.4. The fraction of sp³-hybridized carbons (Fsp3) is 0.0625. The lowest BCUT2D eigenvalue weighted by Gasteiger charge is -2.05. The maximum absolute atomic E-state index is 12.4. The number of hydrogen-bond donors (Lipinski definition) is 2. The summed E-state index contributed by atoms with van der Waals surface area (Å²) in [5.41, 5.74) is -0.573. The van der Waals surface area contributed by atoms with E-state index in [4.69, 9.17) is 4.42 Å². The molecular weight excluding hydrogens is 378 g/mol. The van der Waals surface area contributed by atoms with E-state index in [0.717, 1.165) is 17.6 Å². The largest absolute Gasteiger partial charge is 0.507 e. The van der Waals surface area contributed by atoms with E-state index < -0.39 is 15.6 Å². The highest BCUT2D eigenvalue weighted by Crippen LogP contribution is 2.22. The van der Waals surface area contributed by atoms with E-state index in [1.54, 1.807) is 11.4 Å². The predicted octanol–water partition coefficient (Wildman–Crippen LogP) is 2.66. The normalized spacial score (nSPS) is 11.7. The van der Waals surface area contributed by atoms with Crippen molar-refractivity contribution in [1.29, 1.82) is 0 Å². The van der Waals surface area contributed by atoms with Crippen molar-refractivity contribution in [1.82, 2.24) is 4.98 Å². The average Bonchev–Trinajstić information content (AvgIpc) is 3.06. The third kappa shape index (κ3) is 3.98. The SMILES string of the molecule is Cc1cc(O)c(C=Nc2cccc(S(=O)(=O)Nc3nccs3)c2)c(=O)o1. The van der Waals surface area contributed by atoms with Crippen LogP contribution in [0.3, 0.4) is 0 Å². The molecule has 0 aliphatic rings. The molecule has 0 spiro atoms. The Morgan fingerprint density at radius 3 is 2.85 bits per heavy atom. The Morgan fingerprint density at radius 1 is 1.35 bits per heavy atom. The molecule has 3 rings (SSSR count). The molecule has 8 nitrogen and oxygen atoms in total. The van der Waals surface area contributed by atoms with Crippen molar-refractivity contribution in [3.8, 4) is 5.75 Å². The number of rotatable bonds is 5. The standard InChI is InChI=1S/C16H13N3O5S2/c1-10-7-14(20)13(15(21)24-10)9-18-11-3-2-4-12(8-11)26(22,23)19-16-17-5-6-25-16/h2-9,20H,1H3,(H,17,19). The number of nitrogens with one attached hydrogen (secondary N) is 1. The molecule has 0 saturated heterocycles. The Morgan fingerprint density at radius 2 is 2.15 bits per heavy atom. The number of aliphatic imine (C=N–C) groups is 1. The number of thiazole rings is 1. The lowest BCUT2D eigenvalue weighted by Crippen LogP contribution is -2.12. The van der Waals surface area contributed by atoms with Gasteiger partial charge in [0.1, 0.15) is 17.1 Å². The van der Waals surface area contributed by atoms with Gasteiger partial charge in [-0.15, -0.1) is 11.3 Å². The monoisotopic (exact) mass is 391 g/mol. The van der Waals surface area contributed by atoms with Gasteiger partial charge in [-0.3, -0.25) is 9.71 Å². The summed E-state index contributed by atoms with van der Waals surface area (Å²) in [6.45, 7) is 1.53. The van der Waals surface area contributed by atoms with Crippen LogP contribution >= 0.6 is 11.3 Å². The first-order valence-electron chi connectivity index (χ1n) is 7.25. The molecule has 0 bridgehead atoms. The molecule has 0 unspecified atom stereocenters. The van der Waals surface area contributed by atoms with Crippen LogP contribution in [0.4, 0.5) is 10.8 Å². The van der Waals surface area contributed by atoms with E-state index in [0.29, 0.717) is 0 Å². The number of aryl methyl sites for hydroxylation is 1. The second kappa shape index (κ2) is 7.10. The number of hydrogen-bond acceptors (Lipinski definition) is 8. The van der Waals surface area contributed by atoms with Crippen LogP contribution in [-0.2, 0) is 10.0 Å². The quantitative estimate of drug-likeness (QED) is 0.645. The minimum Gasteiger partial charge on any atom is -0.507 e. The molecule has 2 aromatic heterocycles. The third-order valence-corrected chi connectivity index (χ3v) is 5.37. The second-order valence-corrected chi connectivity index (χ2v) is 7.72. The van der Waals surface area contributed by atoms with Crippen molar-refractivity contribution in [3.05, 3.63) is 63.7 Å². The Labute approximate surface area is 152 Å². The zero-order valence-electron chi connectivity index (χ0n) is 13.4. The third-order valence-electron chi connectivity index (χ3n) is 3.21. The van der Waals surface area contributed by atoms with E-state index >= 15 is 0 Å². The number of anilines is 1. The Kier molecular flexibility index (Phi) is 4.87. The van der Waals surface area contributed by atoms with Gasteiger partial charge in [0.15, 0.2) is 5.13 Å². The van der Waals surface area contributed by atoms with Crippen molar-refractivity contribution in [2.24, 2.45) is 4.99 Å². The molecule has 0 radical (unpaired) electrons. The van der Waals surface area contributed by atoms with Gasteiger partial charge in [-0.2, -0.15) is 0 Å². The zero-order valence-corrected chi connectivity index (χ0v) is 15.0. The van der Waals surface area contributed by atoms with Crippen LogP contribution in [0.2, 0.25) is 0 Å². The van der Waals surface area contributed by atoms with E-state index in [-0.39, 0.29) is 32.8 Å². The van der Waals surface area contributed by atoms with Crippen LogP contribution in [-0.4, -0.2) is 24.7 Å². The molecule has 134 valence electrons. The molecule has 0 atom stereocenters. The molecule has 2 N–H and O–H groups in total. The number of sulfonamides is 1. The zero-order chi connectivity index (χ0) is 18.7. The van der Waals surface area contributed by atoms with Crippen LogP contribution < -0.4 is 10.3 Å². The van der Waals surface area contributed by atoms with Crippen LogP contribution in [0.1, 0.15) is 11.3 Å². The minimum atomic E-state index is -3.82. The van der Waals surface area contributed by atoms with Gasteiger partial charge in [-0.1, -0.05) is 6.07 Å². The van der Waals surface area contributed by atoms with Crippen LogP contribution in [0, 0.1) is 6.92 Å². The van der Waals surface area contributed by atoms with Crippen LogP contribution in [0.25, 0.3) is 0 Å². The fourth-order valence-corrected chi connectivity index (χ4v) is 3.87. The predicted molar refractivity (Wildman–Crippen MR) is 98.0 cm³/mol. The summed E-state index contributed by atoms with van der Waals surface area (Å²) in [6.07, 6.45) is 2.61. The first-order chi connectivity index (χ1) is 12.3. The Balaban J connectivity index is 1.89. The molecule has 0 fully saturated rings. The van der Waals surface area contributed by atoms with Gasteiger partial charge in [-0.05, 0) is 25.1 Å². The summed E-state index contributed by atoms with van der Waals surface area (Å²) < 4.78 is 32.0. The summed E-state index contributed by atoms with van der Waals surface area (Å²) in [4.78, 5) is 19.7. The molecule has 3 aromatic rings. The highest BCUT2D eigenvalue weighted by atomic mass is 32.2. The summed E-state index contributed by atoms with van der Waals surface area (Å²) in [5, 5.41) is 11.7. The lowest BCUT2D eigenvalue weighted by atomic mass is 10.2. The molecule has 1 aromatic carbocycles. The molecular formula is C16H13N3O5S2. The number of aromatic nitrogens is 1. The lowest BCUT2D eigenvalue weighted by molar-refractivity contribution is 0.433. The molecule has 0 aliphatic carbocycles. The number of benzene rings is 1. The first-order valence-corrected chi connectivity index (χ1v) is 9.61. The summed E-state index contributed by atoms with van der Waals surface area (Å²) in [5.74, 6) is 0.00251. The molecule has 10 heteroatoms. The van der Waals surface area contributed by atoms with E-state index in [1.807, 2.05) is 0 Å². The van der Waals surface area contributed by atoms with Crippen molar-refractivity contribution in [2.75, 3.05) is 4.72 Å². The van der Waals surface area contributed by atoms with Crippen molar-refractivity contribution >= 4 is 38.4 Å². The number of nitrogens with zero attached hydrogens (tertiary/aromatic N) is 2. The minimum absolute atomic E-state index is 0.0116. The van der Waals surface area contributed by atoms with Gasteiger partial charge in [-0.25, -0.2) is 18.2 Å². The second-order valence-electron chi connectivity index (χ2n) is 5.14. The summed E-state index contributed by atoms with van der Waals surface area (Å²) in [6, 6.07) is 7.11. The van der Waals surface area contributed by atoms with E-state index in [2.05, 4.69) is 14.7 Å². The smallest absolute Gasteiger partial charge is 0.348 e. The van der Waals surface area contributed by atoms with E-state index in [9.17, 15) is 18.3 Å². The van der Waals surface area contributed by atoms with Crippen molar-refractivity contribution in [3.63, 3.8) is 0 Å². The van der Waals surface area contributed by atoms with Gasteiger partial charge in [0.25, 0.3) is 10.0 Å². The highest BCUT2D eigenvalue weighted by Gasteiger charge is 2.16. The molecule has 26 heavy (non-hydrogen) atoms. The van der Waals surface area contributed by atoms with Gasteiger partial charge < -0.3 is 9.52 Å². The van der Waals surface area contributed by atoms with Gasteiger partial charge in [0.2, 0.25) is 0 Å². The summed E-state index contributed by atoms with van der Waals surface area (Å²) >= 11 is 1.16. The topological polar surface area (TPSA) is 122 Å². The number of aromatic hydroxyl groups is 1. The van der Waals surface area contributed by atoms with Gasteiger partial charge >= 0.3 is 5.63 Å². The van der Waals surface area contributed by atoms with Gasteiger partial charge in [0.05, 0.1) is 10.6 Å². The molecule has 2 heterocycles.